The molecule has 0 aliphatic carbocycles. The summed E-state index contributed by atoms with van der Waals surface area (Å²) >= 11 is 1.27. The Balaban J connectivity index is 2.13. The van der Waals surface area contributed by atoms with E-state index in [1.807, 2.05) is 0 Å². The van der Waals surface area contributed by atoms with Gasteiger partial charge in [0, 0.05) is 24.6 Å². The van der Waals surface area contributed by atoms with Crippen LogP contribution in [0.1, 0.15) is 11.3 Å². The SMILES string of the molecule is CNc1snnc1COc1ccc(C#N)cc1OC. The van der Waals surface area contributed by atoms with Gasteiger partial charge in [-0.25, -0.2) is 0 Å². The fraction of sp³-hybridized carbons (Fsp3) is 0.250. The molecule has 0 aliphatic heterocycles. The molecule has 19 heavy (non-hydrogen) atoms. The normalized spacial score (nSPS) is 9.74. The molecule has 0 atom stereocenters. The van der Waals surface area contributed by atoms with Crippen LogP contribution in [0.5, 0.6) is 11.5 Å². The molecule has 0 aliphatic rings. The first-order valence-corrected chi connectivity index (χ1v) is 6.25. The molecule has 0 fully saturated rings. The van der Waals surface area contributed by atoms with Gasteiger partial charge in [0.25, 0.3) is 0 Å². The second kappa shape index (κ2) is 6.02. The van der Waals surface area contributed by atoms with E-state index in [1.165, 1.54) is 18.6 Å². The highest BCUT2D eigenvalue weighted by atomic mass is 32.1. The van der Waals surface area contributed by atoms with Crippen molar-refractivity contribution >= 4 is 16.5 Å². The van der Waals surface area contributed by atoms with E-state index in [-0.39, 0.29) is 6.61 Å². The van der Waals surface area contributed by atoms with E-state index < -0.39 is 0 Å². The molecule has 1 aromatic carbocycles. The molecule has 0 amide bonds. The van der Waals surface area contributed by atoms with Crippen LogP contribution in [0.4, 0.5) is 5.00 Å². The zero-order valence-electron chi connectivity index (χ0n) is 10.5. The Hall–Kier alpha value is -2.33. The summed E-state index contributed by atoms with van der Waals surface area (Å²) in [4.78, 5) is 0. The predicted octanol–water partition coefficient (Wildman–Crippen LogP) is 2.04. The number of benzene rings is 1. The minimum atomic E-state index is 0.287. The van der Waals surface area contributed by atoms with Crippen LogP contribution in [-0.4, -0.2) is 23.7 Å². The van der Waals surface area contributed by atoms with Crippen LogP contribution >= 0.6 is 11.5 Å². The lowest BCUT2D eigenvalue weighted by Gasteiger charge is -2.10. The summed E-state index contributed by atoms with van der Waals surface area (Å²) in [7, 11) is 3.34. The van der Waals surface area contributed by atoms with E-state index in [1.54, 1.807) is 25.2 Å². The van der Waals surface area contributed by atoms with Gasteiger partial charge in [0.05, 0.1) is 18.7 Å². The fourth-order valence-corrected chi connectivity index (χ4v) is 2.01. The minimum absolute atomic E-state index is 0.287. The van der Waals surface area contributed by atoms with Gasteiger partial charge in [0.1, 0.15) is 17.3 Å². The number of methoxy groups -OCH3 is 1. The summed E-state index contributed by atoms with van der Waals surface area (Å²) in [5.41, 5.74) is 1.26. The third-order valence-corrected chi connectivity index (χ3v) is 3.23. The van der Waals surface area contributed by atoms with Crippen LogP contribution < -0.4 is 14.8 Å². The van der Waals surface area contributed by atoms with Crippen LogP contribution in [-0.2, 0) is 6.61 Å². The quantitative estimate of drug-likeness (QED) is 0.900. The fourth-order valence-electron chi connectivity index (χ4n) is 1.50. The van der Waals surface area contributed by atoms with Crippen molar-refractivity contribution in [3.8, 4) is 17.6 Å². The van der Waals surface area contributed by atoms with E-state index >= 15 is 0 Å². The Kier molecular flexibility index (Phi) is 4.15. The highest BCUT2D eigenvalue weighted by Crippen LogP contribution is 2.29. The van der Waals surface area contributed by atoms with E-state index in [0.717, 1.165) is 10.7 Å². The Labute approximate surface area is 114 Å². The number of aromatic nitrogens is 2. The molecule has 1 N–H and O–H groups in total. The number of anilines is 1. The molecule has 98 valence electrons. The average Bonchev–Trinajstić information content (AvgIpc) is 2.92. The van der Waals surface area contributed by atoms with E-state index in [4.69, 9.17) is 14.7 Å². The minimum Gasteiger partial charge on any atom is -0.493 e. The summed E-state index contributed by atoms with van der Waals surface area (Å²) in [5.74, 6) is 1.09. The molecule has 0 saturated heterocycles. The Morgan fingerprint density at radius 1 is 1.42 bits per heavy atom. The van der Waals surface area contributed by atoms with Gasteiger partial charge in [0.15, 0.2) is 11.5 Å². The van der Waals surface area contributed by atoms with Crippen molar-refractivity contribution in [3.05, 3.63) is 29.5 Å². The molecular formula is C12H12N4O2S. The number of rotatable bonds is 5. The van der Waals surface area contributed by atoms with Crippen molar-refractivity contribution in [2.75, 3.05) is 19.5 Å². The standard InChI is InChI=1S/C12H12N4O2S/c1-14-12-9(15-16-19-12)7-18-10-4-3-8(6-13)5-11(10)17-2/h3-5,14H,7H2,1-2H3. The predicted molar refractivity (Wildman–Crippen MR) is 71.5 cm³/mol. The molecule has 0 radical (unpaired) electrons. The summed E-state index contributed by atoms with van der Waals surface area (Å²) < 4.78 is 14.7. The molecule has 0 unspecified atom stereocenters. The second-order valence-electron chi connectivity index (χ2n) is 3.56. The van der Waals surface area contributed by atoms with E-state index in [2.05, 4.69) is 21.0 Å². The zero-order valence-corrected chi connectivity index (χ0v) is 11.3. The van der Waals surface area contributed by atoms with Crippen molar-refractivity contribution in [3.63, 3.8) is 0 Å². The smallest absolute Gasteiger partial charge is 0.162 e. The molecule has 1 aromatic heterocycles. The van der Waals surface area contributed by atoms with Gasteiger partial charge in [-0.1, -0.05) is 4.49 Å². The van der Waals surface area contributed by atoms with Crippen LogP contribution in [0.25, 0.3) is 0 Å². The highest BCUT2D eigenvalue weighted by molar-refractivity contribution is 7.10. The zero-order chi connectivity index (χ0) is 13.7. The van der Waals surface area contributed by atoms with Crippen LogP contribution in [0.3, 0.4) is 0 Å². The topological polar surface area (TPSA) is 80.1 Å². The number of nitrogens with zero attached hydrogens (tertiary/aromatic N) is 3. The van der Waals surface area contributed by atoms with Crippen LogP contribution in [0.2, 0.25) is 0 Å². The maximum absolute atomic E-state index is 8.83. The first-order valence-electron chi connectivity index (χ1n) is 5.48. The maximum Gasteiger partial charge on any atom is 0.162 e. The van der Waals surface area contributed by atoms with Gasteiger partial charge >= 0.3 is 0 Å². The lowest BCUT2D eigenvalue weighted by molar-refractivity contribution is 0.281. The molecule has 0 spiro atoms. The molecule has 6 nitrogen and oxygen atoms in total. The molecule has 1 heterocycles. The lowest BCUT2D eigenvalue weighted by Crippen LogP contribution is -2.01. The first kappa shape index (κ1) is 13.1. The number of hydrogen-bond acceptors (Lipinski definition) is 7. The van der Waals surface area contributed by atoms with Crippen LogP contribution in [0.15, 0.2) is 18.2 Å². The molecule has 0 bridgehead atoms. The summed E-state index contributed by atoms with van der Waals surface area (Å²) in [6, 6.07) is 7.06. The largest absolute Gasteiger partial charge is 0.493 e. The molecule has 2 aromatic rings. The number of nitrogens with one attached hydrogen (secondary N) is 1. The first-order chi connectivity index (χ1) is 9.28. The number of hydrogen-bond donors (Lipinski definition) is 1. The van der Waals surface area contributed by atoms with Crippen LogP contribution in [0, 0.1) is 11.3 Å². The van der Waals surface area contributed by atoms with Gasteiger partial charge in [-0.15, -0.1) is 5.10 Å². The number of nitriles is 1. The van der Waals surface area contributed by atoms with Crippen molar-refractivity contribution in [2.45, 2.75) is 6.61 Å². The van der Waals surface area contributed by atoms with Gasteiger partial charge in [0.2, 0.25) is 0 Å². The molecule has 2 rings (SSSR count). The average molecular weight is 276 g/mol. The Morgan fingerprint density at radius 2 is 2.26 bits per heavy atom. The Bertz CT molecular complexity index is 606. The number of ether oxygens (including phenoxy) is 2. The third-order valence-electron chi connectivity index (χ3n) is 2.44. The highest BCUT2D eigenvalue weighted by Gasteiger charge is 2.10. The van der Waals surface area contributed by atoms with Gasteiger partial charge < -0.3 is 14.8 Å². The second-order valence-corrected chi connectivity index (χ2v) is 4.32. The van der Waals surface area contributed by atoms with E-state index in [9.17, 15) is 0 Å². The monoisotopic (exact) mass is 276 g/mol. The third kappa shape index (κ3) is 2.92. The van der Waals surface area contributed by atoms with Crippen molar-refractivity contribution in [1.29, 1.82) is 5.26 Å². The molecular weight excluding hydrogens is 264 g/mol. The summed E-state index contributed by atoms with van der Waals surface area (Å²) in [6.45, 7) is 0.287. The van der Waals surface area contributed by atoms with Crippen molar-refractivity contribution < 1.29 is 9.47 Å². The van der Waals surface area contributed by atoms with Gasteiger partial charge in [-0.3, -0.25) is 0 Å². The van der Waals surface area contributed by atoms with Gasteiger partial charge in [-0.05, 0) is 12.1 Å². The molecule has 7 heteroatoms. The van der Waals surface area contributed by atoms with Gasteiger partial charge in [-0.2, -0.15) is 5.26 Å². The van der Waals surface area contributed by atoms with Crippen molar-refractivity contribution in [1.82, 2.24) is 9.59 Å². The maximum atomic E-state index is 8.83. The Morgan fingerprint density at radius 3 is 2.95 bits per heavy atom. The van der Waals surface area contributed by atoms with Crippen molar-refractivity contribution in [2.24, 2.45) is 0 Å². The summed E-state index contributed by atoms with van der Waals surface area (Å²) in [5, 5.41) is 16.7. The molecule has 0 saturated carbocycles. The summed E-state index contributed by atoms with van der Waals surface area (Å²) in [6.07, 6.45) is 0. The lowest BCUT2D eigenvalue weighted by atomic mass is 10.2. The van der Waals surface area contributed by atoms with E-state index in [0.29, 0.717) is 17.1 Å².